The van der Waals surface area contributed by atoms with Crippen LogP contribution in [0.25, 0.3) is 0 Å². The van der Waals surface area contributed by atoms with Crippen molar-refractivity contribution in [3.05, 3.63) is 0 Å². The van der Waals surface area contributed by atoms with Crippen molar-refractivity contribution >= 4 is 15.8 Å². The Kier molecular flexibility index (Phi) is 7.38. The molecule has 6 heteroatoms. The van der Waals surface area contributed by atoms with Crippen LogP contribution in [0.5, 0.6) is 0 Å². The number of nitrogens with one attached hydrogen (secondary N) is 1. The number of ether oxygens (including phenoxy) is 1. The number of sulfone groups is 1. The van der Waals surface area contributed by atoms with Crippen LogP contribution in [-0.2, 0) is 19.4 Å². The van der Waals surface area contributed by atoms with Crippen LogP contribution in [0.4, 0.5) is 0 Å². The molecule has 0 aromatic rings. The fourth-order valence-corrected chi connectivity index (χ4v) is 3.12. The molecule has 0 aromatic carbocycles. The zero-order valence-corrected chi connectivity index (χ0v) is 11.8. The third-order valence-electron chi connectivity index (χ3n) is 2.66. The Morgan fingerprint density at radius 1 is 1.29 bits per heavy atom. The summed E-state index contributed by atoms with van der Waals surface area (Å²) >= 11 is 0. The normalized spacial score (nSPS) is 15.3. The van der Waals surface area contributed by atoms with Gasteiger partial charge in [-0.3, -0.25) is 4.79 Å². The first-order chi connectivity index (χ1) is 7.88. The summed E-state index contributed by atoms with van der Waals surface area (Å²) in [4.78, 5) is 11.2. The van der Waals surface area contributed by atoms with E-state index < -0.39 is 26.8 Å². The lowest BCUT2D eigenvalue weighted by Crippen LogP contribution is -2.44. The van der Waals surface area contributed by atoms with Crippen molar-refractivity contribution in [3.63, 3.8) is 0 Å². The molecule has 2 atom stereocenters. The van der Waals surface area contributed by atoms with Gasteiger partial charge in [0, 0.05) is 6.04 Å². The standard InChI is InChI=1S/C11H23NO4S/c1-5-10(12-6-2)9(4)17(14,15)8-11(13)16-7-3/h9-10,12H,5-8H2,1-4H3. The van der Waals surface area contributed by atoms with Gasteiger partial charge in [0.15, 0.2) is 9.84 Å². The quantitative estimate of drug-likeness (QED) is 0.655. The van der Waals surface area contributed by atoms with E-state index in [0.29, 0.717) is 13.0 Å². The van der Waals surface area contributed by atoms with E-state index in [-0.39, 0.29) is 12.6 Å². The molecule has 0 saturated carbocycles. The summed E-state index contributed by atoms with van der Waals surface area (Å²) < 4.78 is 28.6. The monoisotopic (exact) mass is 265 g/mol. The molecule has 5 nitrogen and oxygen atoms in total. The Labute approximate surface area is 104 Å². The van der Waals surface area contributed by atoms with Gasteiger partial charge in [-0.25, -0.2) is 8.42 Å². The number of hydrogen-bond acceptors (Lipinski definition) is 5. The molecule has 0 aromatic heterocycles. The number of carbonyl (C=O) groups excluding carboxylic acids is 1. The molecule has 0 aliphatic carbocycles. The van der Waals surface area contributed by atoms with Crippen molar-refractivity contribution < 1.29 is 17.9 Å². The predicted octanol–water partition coefficient (Wildman–Crippen LogP) is 0.741. The minimum Gasteiger partial charge on any atom is -0.465 e. The second-order valence-electron chi connectivity index (χ2n) is 3.89. The molecule has 0 amide bonds. The average Bonchev–Trinajstić information content (AvgIpc) is 2.24. The van der Waals surface area contributed by atoms with Crippen LogP contribution in [0, 0.1) is 0 Å². The average molecular weight is 265 g/mol. The van der Waals surface area contributed by atoms with Gasteiger partial charge in [0.1, 0.15) is 5.75 Å². The van der Waals surface area contributed by atoms with Crippen molar-refractivity contribution in [2.24, 2.45) is 0 Å². The SMILES string of the molecule is CCNC(CC)C(C)S(=O)(=O)CC(=O)OCC. The second-order valence-corrected chi connectivity index (χ2v) is 6.25. The Bertz CT molecular complexity index is 326. The molecular formula is C11H23NO4S. The van der Waals surface area contributed by atoms with Crippen LogP contribution in [0.1, 0.15) is 34.1 Å². The highest BCUT2D eigenvalue weighted by Crippen LogP contribution is 2.10. The molecule has 0 aliphatic rings. The molecule has 0 radical (unpaired) electrons. The maximum atomic E-state index is 12.0. The Morgan fingerprint density at radius 2 is 1.88 bits per heavy atom. The highest BCUT2D eigenvalue weighted by Gasteiger charge is 2.30. The number of esters is 1. The zero-order valence-electron chi connectivity index (χ0n) is 11.0. The topological polar surface area (TPSA) is 72.5 Å². The van der Waals surface area contributed by atoms with Gasteiger partial charge in [0.2, 0.25) is 0 Å². The van der Waals surface area contributed by atoms with Crippen molar-refractivity contribution in [3.8, 4) is 0 Å². The molecule has 17 heavy (non-hydrogen) atoms. The maximum Gasteiger partial charge on any atom is 0.321 e. The molecule has 0 aliphatic heterocycles. The lowest BCUT2D eigenvalue weighted by molar-refractivity contribution is -0.139. The minimum atomic E-state index is -3.45. The van der Waals surface area contributed by atoms with Crippen molar-refractivity contribution in [2.75, 3.05) is 18.9 Å². The smallest absolute Gasteiger partial charge is 0.321 e. The summed E-state index contributed by atoms with van der Waals surface area (Å²) in [5.41, 5.74) is 0. The van der Waals surface area contributed by atoms with E-state index in [0.717, 1.165) is 0 Å². The number of carbonyl (C=O) groups is 1. The van der Waals surface area contributed by atoms with Crippen molar-refractivity contribution in [2.45, 2.75) is 45.4 Å². The van der Waals surface area contributed by atoms with Gasteiger partial charge >= 0.3 is 5.97 Å². The summed E-state index contributed by atoms with van der Waals surface area (Å²) in [7, 11) is -3.45. The molecule has 1 N–H and O–H groups in total. The summed E-state index contributed by atoms with van der Waals surface area (Å²) in [5.74, 6) is -1.21. The van der Waals surface area contributed by atoms with Crippen LogP contribution in [0.15, 0.2) is 0 Å². The van der Waals surface area contributed by atoms with Gasteiger partial charge in [-0.05, 0) is 26.8 Å². The van der Waals surface area contributed by atoms with E-state index in [1.54, 1.807) is 13.8 Å². The highest BCUT2D eigenvalue weighted by atomic mass is 32.2. The van der Waals surface area contributed by atoms with Crippen LogP contribution in [0.2, 0.25) is 0 Å². The first-order valence-corrected chi connectivity index (χ1v) is 7.71. The van der Waals surface area contributed by atoms with E-state index in [1.807, 2.05) is 13.8 Å². The lowest BCUT2D eigenvalue weighted by Gasteiger charge is -2.23. The molecular weight excluding hydrogens is 242 g/mol. The summed E-state index contributed by atoms with van der Waals surface area (Å²) in [6.45, 7) is 8.04. The highest BCUT2D eigenvalue weighted by molar-refractivity contribution is 7.92. The Balaban J connectivity index is 4.62. The van der Waals surface area contributed by atoms with Crippen LogP contribution in [0.3, 0.4) is 0 Å². The summed E-state index contributed by atoms with van der Waals surface area (Å²) in [6.07, 6.45) is 0.705. The molecule has 2 unspecified atom stereocenters. The maximum absolute atomic E-state index is 12.0. The van der Waals surface area contributed by atoms with Gasteiger partial charge in [0.25, 0.3) is 0 Å². The van der Waals surface area contributed by atoms with E-state index in [9.17, 15) is 13.2 Å². The van der Waals surface area contributed by atoms with Crippen LogP contribution >= 0.6 is 0 Å². The Morgan fingerprint density at radius 3 is 2.29 bits per heavy atom. The minimum absolute atomic E-state index is 0.126. The van der Waals surface area contributed by atoms with E-state index in [1.165, 1.54) is 0 Å². The van der Waals surface area contributed by atoms with E-state index >= 15 is 0 Å². The third kappa shape index (κ3) is 5.50. The lowest BCUT2D eigenvalue weighted by atomic mass is 10.2. The molecule has 0 saturated heterocycles. The fraction of sp³-hybridized carbons (Fsp3) is 0.909. The number of rotatable bonds is 8. The molecule has 0 rings (SSSR count). The zero-order chi connectivity index (χ0) is 13.5. The second kappa shape index (κ2) is 7.66. The van der Waals surface area contributed by atoms with Gasteiger partial charge in [-0.1, -0.05) is 13.8 Å². The van der Waals surface area contributed by atoms with E-state index in [2.05, 4.69) is 10.1 Å². The van der Waals surface area contributed by atoms with Gasteiger partial charge < -0.3 is 10.1 Å². The van der Waals surface area contributed by atoms with Crippen LogP contribution < -0.4 is 5.32 Å². The molecule has 0 heterocycles. The molecule has 0 spiro atoms. The Hall–Kier alpha value is -0.620. The number of hydrogen-bond donors (Lipinski definition) is 1. The molecule has 0 fully saturated rings. The van der Waals surface area contributed by atoms with Crippen LogP contribution in [-0.4, -0.2) is 44.6 Å². The van der Waals surface area contributed by atoms with E-state index in [4.69, 9.17) is 0 Å². The molecule has 0 bridgehead atoms. The third-order valence-corrected chi connectivity index (χ3v) is 4.76. The first kappa shape index (κ1) is 16.4. The van der Waals surface area contributed by atoms with Crippen molar-refractivity contribution in [1.29, 1.82) is 0 Å². The summed E-state index contributed by atoms with van der Waals surface area (Å²) in [5, 5.41) is 2.53. The fourth-order valence-electron chi connectivity index (χ4n) is 1.65. The summed E-state index contributed by atoms with van der Waals surface area (Å²) in [6, 6.07) is -0.126. The van der Waals surface area contributed by atoms with Crippen molar-refractivity contribution in [1.82, 2.24) is 5.32 Å². The molecule has 102 valence electrons. The predicted molar refractivity (Wildman–Crippen MR) is 67.6 cm³/mol. The first-order valence-electron chi connectivity index (χ1n) is 5.99. The largest absolute Gasteiger partial charge is 0.465 e. The van der Waals surface area contributed by atoms with Gasteiger partial charge in [-0.2, -0.15) is 0 Å². The van der Waals surface area contributed by atoms with Gasteiger partial charge in [0.05, 0.1) is 11.9 Å². The van der Waals surface area contributed by atoms with Gasteiger partial charge in [-0.15, -0.1) is 0 Å².